The molecule has 2 aliphatic heterocycles. The van der Waals surface area contributed by atoms with Crippen LogP contribution in [0.1, 0.15) is 57.1 Å². The third kappa shape index (κ3) is 1.95. The van der Waals surface area contributed by atoms with Crippen molar-refractivity contribution < 1.29 is 4.79 Å². The minimum Gasteiger partial charge on any atom is -0.300 e. The summed E-state index contributed by atoms with van der Waals surface area (Å²) in [5.41, 5.74) is 3.53. The summed E-state index contributed by atoms with van der Waals surface area (Å²) in [5.74, 6) is 2.30. The van der Waals surface area contributed by atoms with E-state index in [9.17, 15) is 4.79 Å². The second-order valence-corrected chi connectivity index (χ2v) is 8.91. The van der Waals surface area contributed by atoms with Crippen LogP contribution < -0.4 is 0 Å². The van der Waals surface area contributed by atoms with Gasteiger partial charge in [-0.15, -0.1) is 0 Å². The molecule has 2 saturated carbocycles. The fourth-order valence-corrected chi connectivity index (χ4v) is 6.56. The van der Waals surface area contributed by atoms with E-state index in [1.165, 1.54) is 38.6 Å². The van der Waals surface area contributed by atoms with Crippen LogP contribution in [0, 0.1) is 17.8 Å². The smallest absolute Gasteiger partial charge is 0.134 e. The van der Waals surface area contributed by atoms with Gasteiger partial charge in [-0.25, -0.2) is 0 Å². The normalized spacial score (nSPS) is 40.4. The van der Waals surface area contributed by atoms with Crippen molar-refractivity contribution in [1.82, 2.24) is 4.90 Å². The van der Waals surface area contributed by atoms with Gasteiger partial charge in [-0.2, -0.15) is 0 Å². The monoisotopic (exact) mass is 323 g/mol. The number of carbonyl (C=O) groups is 1. The van der Waals surface area contributed by atoms with Crippen molar-refractivity contribution in [3.05, 3.63) is 35.4 Å². The molecule has 2 heterocycles. The van der Waals surface area contributed by atoms with Gasteiger partial charge in [-0.05, 0) is 68.4 Å². The number of hydrogen-bond acceptors (Lipinski definition) is 2. The van der Waals surface area contributed by atoms with Crippen LogP contribution in [0.15, 0.2) is 24.3 Å². The first-order valence-corrected chi connectivity index (χ1v) is 9.98. The van der Waals surface area contributed by atoms with E-state index in [0.29, 0.717) is 29.2 Å². The predicted octanol–water partition coefficient (Wildman–Crippen LogP) is 3.97. The fourth-order valence-electron chi connectivity index (χ4n) is 6.56. The van der Waals surface area contributed by atoms with Crippen LogP contribution in [0.3, 0.4) is 0 Å². The second kappa shape index (κ2) is 5.17. The number of hydrogen-bond donors (Lipinski definition) is 0. The van der Waals surface area contributed by atoms with Crippen LogP contribution in [0.25, 0.3) is 0 Å². The molecule has 0 N–H and O–H groups in total. The van der Waals surface area contributed by atoms with Gasteiger partial charge in [-0.3, -0.25) is 9.69 Å². The van der Waals surface area contributed by atoms with Gasteiger partial charge in [0.05, 0.1) is 0 Å². The fraction of sp³-hybridized carbons (Fsp3) is 0.682. The van der Waals surface area contributed by atoms with Gasteiger partial charge in [0, 0.05) is 30.0 Å². The molecule has 6 rings (SSSR count). The van der Waals surface area contributed by atoms with E-state index < -0.39 is 0 Å². The second-order valence-electron chi connectivity index (χ2n) is 8.91. The summed E-state index contributed by atoms with van der Waals surface area (Å²) < 4.78 is 0. The molecule has 2 nitrogen and oxygen atoms in total. The van der Waals surface area contributed by atoms with E-state index in [4.69, 9.17) is 0 Å². The Labute approximate surface area is 145 Å². The van der Waals surface area contributed by atoms with E-state index in [1.54, 1.807) is 11.1 Å². The average Bonchev–Trinajstić information content (AvgIpc) is 3.41. The minimum absolute atomic E-state index is 0.287. The predicted molar refractivity (Wildman–Crippen MR) is 96.0 cm³/mol. The lowest BCUT2D eigenvalue weighted by molar-refractivity contribution is -0.143. The zero-order valence-electron chi connectivity index (χ0n) is 15.0. The van der Waals surface area contributed by atoms with E-state index in [2.05, 4.69) is 36.1 Å². The molecule has 2 saturated heterocycles. The maximum absolute atomic E-state index is 12.4. The van der Waals surface area contributed by atoms with Crippen molar-refractivity contribution in [2.24, 2.45) is 17.8 Å². The maximum atomic E-state index is 12.4. The van der Waals surface area contributed by atoms with Crippen molar-refractivity contribution in [1.29, 1.82) is 0 Å². The number of ketones is 1. The standard InChI is InChI=1S/C22H29NO/c1-3-22-12-21-17(14(2)24)11-19(22)20(23(21)13-15-8-9-15)10-16-6-4-5-7-18(16)22/h4-7,15,17,19-21H,3,8-13H2,1-2H3. The highest BCUT2D eigenvalue weighted by molar-refractivity contribution is 5.79. The van der Waals surface area contributed by atoms with Crippen molar-refractivity contribution in [2.75, 3.05) is 6.54 Å². The zero-order chi connectivity index (χ0) is 16.5. The Balaban J connectivity index is 1.61. The number of Topliss-reactive ketones (excluding diaryl/α,β-unsaturated/α-hetero) is 1. The Morgan fingerprint density at radius 1 is 1.25 bits per heavy atom. The van der Waals surface area contributed by atoms with Crippen LogP contribution in [0.5, 0.6) is 0 Å². The Morgan fingerprint density at radius 3 is 2.75 bits per heavy atom. The summed E-state index contributed by atoms with van der Waals surface area (Å²) in [5, 5.41) is 0. The summed E-state index contributed by atoms with van der Waals surface area (Å²) in [7, 11) is 0. The molecule has 3 aliphatic carbocycles. The van der Waals surface area contributed by atoms with E-state index in [-0.39, 0.29) is 5.92 Å². The molecule has 0 radical (unpaired) electrons. The van der Waals surface area contributed by atoms with Gasteiger partial charge in [0.2, 0.25) is 0 Å². The maximum Gasteiger partial charge on any atom is 0.134 e. The molecule has 5 atom stereocenters. The van der Waals surface area contributed by atoms with Gasteiger partial charge in [0.25, 0.3) is 0 Å². The number of rotatable bonds is 4. The summed E-state index contributed by atoms with van der Waals surface area (Å²) in [6.07, 6.45) is 7.58. The third-order valence-electron chi connectivity index (χ3n) is 7.87. The highest BCUT2D eigenvalue weighted by atomic mass is 16.1. The van der Waals surface area contributed by atoms with Crippen molar-refractivity contribution in [3.63, 3.8) is 0 Å². The Kier molecular flexibility index (Phi) is 3.26. The highest BCUT2D eigenvalue weighted by Crippen LogP contribution is 2.60. The SMILES string of the molecule is CCC12CC3C(C(C)=O)CC1C(Cc1ccccc12)N3CC1CC1. The Bertz CT molecular complexity index is 678. The van der Waals surface area contributed by atoms with Crippen LogP contribution in [-0.2, 0) is 16.6 Å². The van der Waals surface area contributed by atoms with Crippen LogP contribution in [-0.4, -0.2) is 29.3 Å². The molecule has 128 valence electrons. The zero-order valence-corrected chi connectivity index (χ0v) is 15.0. The highest BCUT2D eigenvalue weighted by Gasteiger charge is 2.61. The topological polar surface area (TPSA) is 20.3 Å². The minimum atomic E-state index is 0.287. The molecular weight excluding hydrogens is 294 g/mol. The molecule has 0 amide bonds. The first-order valence-electron chi connectivity index (χ1n) is 9.98. The first kappa shape index (κ1) is 15.1. The number of carbonyl (C=O) groups excluding carboxylic acids is 1. The number of fused-ring (bicyclic) bond motifs is 2. The molecule has 5 aliphatic rings. The van der Waals surface area contributed by atoms with Crippen molar-refractivity contribution >= 4 is 5.78 Å². The lowest BCUT2D eigenvalue weighted by Crippen LogP contribution is -2.70. The van der Waals surface area contributed by atoms with E-state index >= 15 is 0 Å². The lowest BCUT2D eigenvalue weighted by Gasteiger charge is -2.65. The van der Waals surface area contributed by atoms with Gasteiger partial charge in [0.15, 0.2) is 0 Å². The molecule has 1 aromatic carbocycles. The molecule has 0 spiro atoms. The van der Waals surface area contributed by atoms with Gasteiger partial charge >= 0.3 is 0 Å². The summed E-state index contributed by atoms with van der Waals surface area (Å²) in [6, 6.07) is 10.4. The van der Waals surface area contributed by atoms with Crippen molar-refractivity contribution in [2.45, 2.75) is 69.9 Å². The van der Waals surface area contributed by atoms with E-state index in [0.717, 1.165) is 12.3 Å². The molecule has 5 unspecified atom stereocenters. The summed E-state index contributed by atoms with van der Waals surface area (Å²) in [4.78, 5) is 15.2. The van der Waals surface area contributed by atoms with E-state index in [1.807, 2.05) is 6.92 Å². The average molecular weight is 323 g/mol. The molecule has 0 aromatic heterocycles. The van der Waals surface area contributed by atoms with Crippen LogP contribution in [0.4, 0.5) is 0 Å². The van der Waals surface area contributed by atoms with Crippen molar-refractivity contribution in [3.8, 4) is 0 Å². The third-order valence-corrected chi connectivity index (χ3v) is 7.87. The molecule has 4 fully saturated rings. The Hall–Kier alpha value is -1.15. The number of benzene rings is 1. The summed E-state index contributed by atoms with van der Waals surface area (Å²) in [6.45, 7) is 5.47. The largest absolute Gasteiger partial charge is 0.300 e. The van der Waals surface area contributed by atoms with Gasteiger partial charge < -0.3 is 0 Å². The molecular formula is C22H29NO. The number of nitrogens with zero attached hydrogens (tertiary/aromatic N) is 1. The molecule has 1 aromatic rings. The van der Waals surface area contributed by atoms with Gasteiger partial charge in [0.1, 0.15) is 5.78 Å². The molecule has 4 bridgehead atoms. The lowest BCUT2D eigenvalue weighted by atomic mass is 9.48. The number of piperidine rings is 2. The van der Waals surface area contributed by atoms with Crippen LogP contribution in [0.2, 0.25) is 0 Å². The van der Waals surface area contributed by atoms with Gasteiger partial charge in [-0.1, -0.05) is 31.2 Å². The quantitative estimate of drug-likeness (QED) is 0.835. The van der Waals surface area contributed by atoms with Crippen LogP contribution >= 0.6 is 0 Å². The Morgan fingerprint density at radius 2 is 2.04 bits per heavy atom. The molecule has 2 heteroatoms. The molecule has 24 heavy (non-hydrogen) atoms. The summed E-state index contributed by atoms with van der Waals surface area (Å²) >= 11 is 0. The first-order chi connectivity index (χ1) is 11.6.